The molecule has 1 saturated heterocycles. The summed E-state index contributed by atoms with van der Waals surface area (Å²) in [5.41, 5.74) is -2.44. The van der Waals surface area contributed by atoms with Crippen LogP contribution in [0.15, 0.2) is 36.5 Å². The maximum absolute atomic E-state index is 13.1. The molecular formula is C18H14ClF6N3O. The van der Waals surface area contributed by atoms with Crippen molar-refractivity contribution in [2.75, 3.05) is 31.1 Å². The van der Waals surface area contributed by atoms with Gasteiger partial charge in [0.05, 0.1) is 21.7 Å². The lowest BCUT2D eigenvalue weighted by atomic mass is 10.1. The van der Waals surface area contributed by atoms with E-state index in [9.17, 15) is 31.1 Å². The average Bonchev–Trinajstić information content (AvgIpc) is 2.66. The molecule has 2 heterocycles. The van der Waals surface area contributed by atoms with E-state index in [-0.39, 0.29) is 37.0 Å². The minimum absolute atomic E-state index is 0.0735. The summed E-state index contributed by atoms with van der Waals surface area (Å²) in [4.78, 5) is 19.2. The Bertz CT molecular complexity index is 907. The van der Waals surface area contributed by atoms with E-state index in [1.807, 2.05) is 0 Å². The third-order valence-electron chi connectivity index (χ3n) is 4.48. The smallest absolute Gasteiger partial charge is 0.352 e. The Morgan fingerprint density at radius 2 is 1.59 bits per heavy atom. The number of rotatable bonds is 2. The van der Waals surface area contributed by atoms with Crippen LogP contribution in [0.4, 0.5) is 32.2 Å². The Balaban J connectivity index is 1.73. The average molecular weight is 438 g/mol. The van der Waals surface area contributed by atoms with Crippen LogP contribution in [0.1, 0.15) is 21.5 Å². The van der Waals surface area contributed by atoms with Gasteiger partial charge in [0.1, 0.15) is 5.82 Å². The molecule has 1 aliphatic heterocycles. The van der Waals surface area contributed by atoms with E-state index in [0.29, 0.717) is 6.20 Å². The molecule has 0 unspecified atom stereocenters. The first-order valence-electron chi connectivity index (χ1n) is 8.41. The van der Waals surface area contributed by atoms with Crippen LogP contribution >= 0.6 is 11.6 Å². The quantitative estimate of drug-likeness (QED) is 0.637. The van der Waals surface area contributed by atoms with Gasteiger partial charge in [-0.1, -0.05) is 23.7 Å². The topological polar surface area (TPSA) is 36.4 Å². The van der Waals surface area contributed by atoms with Crippen LogP contribution < -0.4 is 4.90 Å². The predicted octanol–water partition coefficient (Wildman–Crippen LogP) is 4.74. The zero-order chi connectivity index (χ0) is 21.4. The molecule has 4 nitrogen and oxygen atoms in total. The maximum Gasteiger partial charge on any atom is 0.417 e. The molecule has 3 rings (SSSR count). The Morgan fingerprint density at radius 1 is 0.966 bits per heavy atom. The molecule has 2 aromatic rings. The van der Waals surface area contributed by atoms with Gasteiger partial charge in [-0.25, -0.2) is 4.98 Å². The van der Waals surface area contributed by atoms with Crippen molar-refractivity contribution in [2.45, 2.75) is 12.4 Å². The van der Waals surface area contributed by atoms with E-state index in [0.717, 1.165) is 18.2 Å². The van der Waals surface area contributed by atoms with Gasteiger partial charge in [0, 0.05) is 32.4 Å². The number of anilines is 1. The summed E-state index contributed by atoms with van der Waals surface area (Å²) in [7, 11) is 0. The summed E-state index contributed by atoms with van der Waals surface area (Å²) in [6.45, 7) is 0.476. The minimum atomic E-state index is -4.66. The number of amides is 1. The largest absolute Gasteiger partial charge is 0.417 e. The predicted molar refractivity (Wildman–Crippen MR) is 93.8 cm³/mol. The first-order chi connectivity index (χ1) is 13.5. The van der Waals surface area contributed by atoms with Crippen LogP contribution in [0.2, 0.25) is 5.02 Å². The van der Waals surface area contributed by atoms with E-state index in [4.69, 9.17) is 11.6 Å². The lowest BCUT2D eigenvalue weighted by Gasteiger charge is -2.36. The molecule has 1 amide bonds. The van der Waals surface area contributed by atoms with E-state index >= 15 is 0 Å². The molecule has 1 aromatic heterocycles. The van der Waals surface area contributed by atoms with Gasteiger partial charge in [0.15, 0.2) is 0 Å². The van der Waals surface area contributed by atoms with Crippen molar-refractivity contribution in [1.82, 2.24) is 9.88 Å². The molecule has 1 aromatic carbocycles. The monoisotopic (exact) mass is 437 g/mol. The van der Waals surface area contributed by atoms with Crippen molar-refractivity contribution in [1.29, 1.82) is 0 Å². The Hall–Kier alpha value is -2.49. The molecule has 0 spiro atoms. The zero-order valence-corrected chi connectivity index (χ0v) is 15.4. The third-order valence-corrected chi connectivity index (χ3v) is 4.76. The fourth-order valence-corrected chi connectivity index (χ4v) is 3.31. The summed E-state index contributed by atoms with van der Waals surface area (Å²) < 4.78 is 77.6. The van der Waals surface area contributed by atoms with Gasteiger partial charge in [-0.2, -0.15) is 26.3 Å². The summed E-state index contributed by atoms with van der Waals surface area (Å²) >= 11 is 5.92. The number of carbonyl (C=O) groups is 1. The van der Waals surface area contributed by atoms with Crippen LogP contribution in [-0.4, -0.2) is 42.0 Å². The standard InChI is InChI=1S/C18H14ClF6N3O/c19-14-9-11(17(20,21)22)10-26-15(14)27-5-7-28(8-6-27)16(29)12-3-1-2-4-13(12)18(23,24)25/h1-4,9-10H,5-8H2. The summed E-state index contributed by atoms with van der Waals surface area (Å²) in [6.07, 6.45) is -8.57. The van der Waals surface area contributed by atoms with Crippen molar-refractivity contribution in [3.63, 3.8) is 0 Å². The van der Waals surface area contributed by atoms with Crippen LogP contribution in [-0.2, 0) is 12.4 Å². The number of hydrogen-bond acceptors (Lipinski definition) is 3. The highest BCUT2D eigenvalue weighted by Gasteiger charge is 2.37. The summed E-state index contributed by atoms with van der Waals surface area (Å²) in [5.74, 6) is -0.633. The highest BCUT2D eigenvalue weighted by atomic mass is 35.5. The Morgan fingerprint density at radius 3 is 2.14 bits per heavy atom. The summed E-state index contributed by atoms with van der Waals surface area (Å²) in [5, 5.41) is -0.193. The molecule has 0 atom stereocenters. The number of benzene rings is 1. The highest BCUT2D eigenvalue weighted by Crippen LogP contribution is 2.35. The first-order valence-corrected chi connectivity index (χ1v) is 8.79. The number of halogens is 7. The number of aromatic nitrogens is 1. The first kappa shape index (κ1) is 21.2. The molecule has 1 aliphatic rings. The fraction of sp³-hybridized carbons (Fsp3) is 0.333. The molecule has 156 valence electrons. The van der Waals surface area contributed by atoms with Crippen LogP contribution in [0.3, 0.4) is 0 Å². The van der Waals surface area contributed by atoms with Crippen LogP contribution in [0, 0.1) is 0 Å². The van der Waals surface area contributed by atoms with Gasteiger partial charge in [0.25, 0.3) is 5.91 Å². The van der Waals surface area contributed by atoms with E-state index in [2.05, 4.69) is 4.98 Å². The van der Waals surface area contributed by atoms with Crippen molar-refractivity contribution < 1.29 is 31.1 Å². The lowest BCUT2D eigenvalue weighted by molar-refractivity contribution is -0.138. The number of nitrogens with zero attached hydrogens (tertiary/aromatic N) is 3. The molecule has 1 fully saturated rings. The van der Waals surface area contributed by atoms with E-state index in [1.165, 1.54) is 17.0 Å². The molecule has 11 heteroatoms. The molecule has 0 radical (unpaired) electrons. The SMILES string of the molecule is O=C(c1ccccc1C(F)(F)F)N1CCN(c2ncc(C(F)(F)F)cc2Cl)CC1. The number of hydrogen-bond donors (Lipinski definition) is 0. The number of pyridine rings is 1. The minimum Gasteiger partial charge on any atom is -0.352 e. The van der Waals surface area contributed by atoms with Gasteiger partial charge >= 0.3 is 12.4 Å². The number of alkyl halides is 6. The van der Waals surface area contributed by atoms with Gasteiger partial charge in [-0.05, 0) is 18.2 Å². The third kappa shape index (κ3) is 4.58. The van der Waals surface area contributed by atoms with Crippen molar-refractivity contribution >= 4 is 23.3 Å². The second-order valence-electron chi connectivity index (χ2n) is 6.35. The molecule has 0 bridgehead atoms. The second-order valence-corrected chi connectivity index (χ2v) is 6.76. The van der Waals surface area contributed by atoms with Gasteiger partial charge < -0.3 is 9.80 Å². The van der Waals surface area contributed by atoms with Crippen molar-refractivity contribution in [2.24, 2.45) is 0 Å². The van der Waals surface area contributed by atoms with Gasteiger partial charge in [-0.15, -0.1) is 0 Å². The summed E-state index contributed by atoms with van der Waals surface area (Å²) in [6, 6.07) is 5.28. The molecule has 29 heavy (non-hydrogen) atoms. The molecule has 0 saturated carbocycles. The second kappa shape index (κ2) is 7.74. The number of piperazine rings is 1. The highest BCUT2D eigenvalue weighted by molar-refractivity contribution is 6.33. The van der Waals surface area contributed by atoms with E-state index in [1.54, 1.807) is 4.90 Å². The number of carbonyl (C=O) groups excluding carboxylic acids is 1. The van der Waals surface area contributed by atoms with Crippen LogP contribution in [0.25, 0.3) is 0 Å². The van der Waals surface area contributed by atoms with Gasteiger partial charge in [0.2, 0.25) is 0 Å². The molecule has 0 aliphatic carbocycles. The Labute approximate surface area is 166 Å². The normalized spacial score (nSPS) is 15.6. The fourth-order valence-electron chi connectivity index (χ4n) is 3.03. The van der Waals surface area contributed by atoms with Crippen molar-refractivity contribution in [3.8, 4) is 0 Å². The van der Waals surface area contributed by atoms with Gasteiger partial charge in [-0.3, -0.25) is 4.79 Å². The van der Waals surface area contributed by atoms with Crippen molar-refractivity contribution in [3.05, 3.63) is 58.2 Å². The molecular weight excluding hydrogens is 424 g/mol. The van der Waals surface area contributed by atoms with E-state index < -0.39 is 35.0 Å². The molecule has 0 N–H and O–H groups in total. The Kier molecular flexibility index (Phi) is 5.66. The lowest BCUT2D eigenvalue weighted by Crippen LogP contribution is -2.49. The zero-order valence-electron chi connectivity index (χ0n) is 14.7. The maximum atomic E-state index is 13.1. The van der Waals surface area contributed by atoms with Crippen LogP contribution in [0.5, 0.6) is 0 Å².